The number of rotatable bonds is 0. The summed E-state index contributed by atoms with van der Waals surface area (Å²) in [6, 6.07) is 4.26. The molecule has 70 valence electrons. The molecule has 1 aliphatic rings. The van der Waals surface area contributed by atoms with Crippen molar-refractivity contribution in [2.75, 3.05) is 0 Å². The van der Waals surface area contributed by atoms with Gasteiger partial charge in [0.05, 0.1) is 5.02 Å². The van der Waals surface area contributed by atoms with Crippen molar-refractivity contribution in [3.8, 4) is 0 Å². The smallest absolute Gasteiger partial charge is 0.0551 e. The summed E-state index contributed by atoms with van der Waals surface area (Å²) in [5.41, 5.74) is 8.56. The Morgan fingerprint density at radius 3 is 3.00 bits per heavy atom. The van der Waals surface area contributed by atoms with E-state index in [-0.39, 0.29) is 6.04 Å². The average Bonchev–Trinajstić information content (AvgIpc) is 2.09. The summed E-state index contributed by atoms with van der Waals surface area (Å²) in [4.78, 5) is 0. The van der Waals surface area contributed by atoms with Crippen molar-refractivity contribution in [1.29, 1.82) is 0 Å². The third kappa shape index (κ3) is 1.76. The standard InChI is InChI=1S/C10H11BrClN/c11-8-4-6-2-1-3-10(13)7(6)5-9(8)12/h4-5,10H,1-3,13H2. The van der Waals surface area contributed by atoms with E-state index in [0.29, 0.717) is 0 Å². The maximum Gasteiger partial charge on any atom is 0.0551 e. The highest BCUT2D eigenvalue weighted by atomic mass is 79.9. The number of nitrogens with two attached hydrogens (primary N) is 1. The first-order valence-corrected chi connectivity index (χ1v) is 5.59. The lowest BCUT2D eigenvalue weighted by Gasteiger charge is -2.22. The highest BCUT2D eigenvalue weighted by molar-refractivity contribution is 9.10. The summed E-state index contributed by atoms with van der Waals surface area (Å²) in [6.45, 7) is 0. The van der Waals surface area contributed by atoms with Crippen molar-refractivity contribution in [2.24, 2.45) is 5.73 Å². The molecule has 1 nitrogen and oxygen atoms in total. The monoisotopic (exact) mass is 259 g/mol. The van der Waals surface area contributed by atoms with Crippen molar-refractivity contribution in [1.82, 2.24) is 0 Å². The second-order valence-electron chi connectivity index (χ2n) is 3.46. The van der Waals surface area contributed by atoms with E-state index in [1.807, 2.05) is 6.07 Å². The van der Waals surface area contributed by atoms with Crippen LogP contribution in [0.15, 0.2) is 16.6 Å². The zero-order valence-electron chi connectivity index (χ0n) is 7.19. The van der Waals surface area contributed by atoms with Gasteiger partial charge in [-0.3, -0.25) is 0 Å². The molecule has 0 amide bonds. The Morgan fingerprint density at radius 1 is 1.46 bits per heavy atom. The van der Waals surface area contributed by atoms with Crippen LogP contribution in [-0.2, 0) is 6.42 Å². The van der Waals surface area contributed by atoms with Crippen molar-refractivity contribution < 1.29 is 0 Å². The zero-order valence-corrected chi connectivity index (χ0v) is 9.53. The van der Waals surface area contributed by atoms with E-state index in [9.17, 15) is 0 Å². The Bertz CT molecular complexity index is 338. The second-order valence-corrected chi connectivity index (χ2v) is 4.73. The van der Waals surface area contributed by atoms with E-state index in [1.165, 1.54) is 17.5 Å². The molecule has 0 saturated heterocycles. The SMILES string of the molecule is NC1CCCc2cc(Br)c(Cl)cc21. The summed E-state index contributed by atoms with van der Waals surface area (Å²) in [6.07, 6.45) is 3.38. The van der Waals surface area contributed by atoms with Crippen LogP contribution >= 0.6 is 27.5 Å². The Hall–Kier alpha value is -0.0500. The quantitative estimate of drug-likeness (QED) is 0.760. The Kier molecular flexibility index (Phi) is 2.63. The molecule has 0 bridgehead atoms. The third-order valence-corrected chi connectivity index (χ3v) is 3.74. The average molecular weight is 261 g/mol. The van der Waals surface area contributed by atoms with Gasteiger partial charge in [0.2, 0.25) is 0 Å². The second kappa shape index (κ2) is 3.60. The van der Waals surface area contributed by atoms with Gasteiger partial charge in [-0.25, -0.2) is 0 Å². The van der Waals surface area contributed by atoms with Crippen molar-refractivity contribution in [3.63, 3.8) is 0 Å². The molecule has 1 aromatic carbocycles. The molecule has 13 heavy (non-hydrogen) atoms. The van der Waals surface area contributed by atoms with Crippen LogP contribution in [0.25, 0.3) is 0 Å². The van der Waals surface area contributed by atoms with Gasteiger partial charge < -0.3 is 5.73 Å². The molecule has 0 heterocycles. The Morgan fingerprint density at radius 2 is 2.23 bits per heavy atom. The van der Waals surface area contributed by atoms with Crippen LogP contribution in [0.5, 0.6) is 0 Å². The van der Waals surface area contributed by atoms with Gasteiger partial charge in [-0.1, -0.05) is 11.6 Å². The normalized spacial score (nSPS) is 21.3. The van der Waals surface area contributed by atoms with Gasteiger partial charge in [-0.05, 0) is 58.5 Å². The third-order valence-electron chi connectivity index (χ3n) is 2.54. The first-order valence-electron chi connectivity index (χ1n) is 4.42. The van der Waals surface area contributed by atoms with Gasteiger partial charge >= 0.3 is 0 Å². The number of fused-ring (bicyclic) bond motifs is 1. The van der Waals surface area contributed by atoms with Crippen molar-refractivity contribution in [2.45, 2.75) is 25.3 Å². The van der Waals surface area contributed by atoms with Crippen LogP contribution in [0.3, 0.4) is 0 Å². The van der Waals surface area contributed by atoms with Gasteiger partial charge in [0.15, 0.2) is 0 Å². The van der Waals surface area contributed by atoms with Crippen LogP contribution in [0.1, 0.15) is 30.0 Å². The number of hydrogen-bond donors (Lipinski definition) is 1. The summed E-state index contributed by atoms with van der Waals surface area (Å²) in [5, 5.41) is 0.760. The molecule has 0 aromatic heterocycles. The van der Waals surface area contributed by atoms with E-state index in [2.05, 4.69) is 22.0 Å². The van der Waals surface area contributed by atoms with Crippen LogP contribution in [0.2, 0.25) is 5.02 Å². The fourth-order valence-corrected chi connectivity index (χ4v) is 2.40. The highest BCUT2D eigenvalue weighted by Crippen LogP contribution is 2.34. The first-order chi connectivity index (χ1) is 6.18. The molecular formula is C10H11BrClN. The van der Waals surface area contributed by atoms with Gasteiger partial charge in [0.25, 0.3) is 0 Å². The molecular weight excluding hydrogens is 249 g/mol. The van der Waals surface area contributed by atoms with Crippen molar-refractivity contribution >= 4 is 27.5 Å². The molecule has 3 heteroatoms. The maximum absolute atomic E-state index is 6.01. The van der Waals surface area contributed by atoms with Gasteiger partial charge in [-0.15, -0.1) is 0 Å². The summed E-state index contributed by atoms with van der Waals surface area (Å²) in [7, 11) is 0. The zero-order chi connectivity index (χ0) is 9.42. The van der Waals surface area contributed by atoms with E-state index in [4.69, 9.17) is 17.3 Å². The van der Waals surface area contributed by atoms with E-state index >= 15 is 0 Å². The maximum atomic E-state index is 6.01. The lowest BCUT2D eigenvalue weighted by atomic mass is 9.88. The molecule has 1 aliphatic carbocycles. The topological polar surface area (TPSA) is 26.0 Å². The van der Waals surface area contributed by atoms with Gasteiger partial charge in [0, 0.05) is 10.5 Å². The molecule has 2 rings (SSSR count). The lowest BCUT2D eigenvalue weighted by Crippen LogP contribution is -2.17. The predicted octanol–water partition coefficient (Wildman–Crippen LogP) is 3.44. The molecule has 2 N–H and O–H groups in total. The number of hydrogen-bond acceptors (Lipinski definition) is 1. The van der Waals surface area contributed by atoms with Crippen molar-refractivity contribution in [3.05, 3.63) is 32.8 Å². The number of aryl methyl sites for hydroxylation is 1. The minimum atomic E-state index is 0.175. The predicted molar refractivity (Wildman–Crippen MR) is 59.0 cm³/mol. The molecule has 1 unspecified atom stereocenters. The minimum absolute atomic E-state index is 0.175. The highest BCUT2D eigenvalue weighted by Gasteiger charge is 2.17. The number of benzene rings is 1. The van der Waals surface area contributed by atoms with Crippen LogP contribution in [0.4, 0.5) is 0 Å². The van der Waals surface area contributed by atoms with Crippen LogP contribution in [-0.4, -0.2) is 0 Å². The molecule has 0 aliphatic heterocycles. The Labute approximate surface area is 91.4 Å². The number of halogens is 2. The van der Waals surface area contributed by atoms with E-state index in [0.717, 1.165) is 22.3 Å². The first kappa shape index (κ1) is 9.50. The lowest BCUT2D eigenvalue weighted by molar-refractivity contribution is 0.570. The summed E-state index contributed by atoms with van der Waals surface area (Å²) >= 11 is 9.43. The van der Waals surface area contributed by atoms with Crippen LogP contribution in [0, 0.1) is 0 Å². The molecule has 0 radical (unpaired) electrons. The molecule has 1 aromatic rings. The van der Waals surface area contributed by atoms with E-state index < -0.39 is 0 Å². The fraction of sp³-hybridized carbons (Fsp3) is 0.400. The molecule has 1 atom stereocenters. The molecule has 0 saturated carbocycles. The van der Waals surface area contributed by atoms with E-state index in [1.54, 1.807) is 0 Å². The fourth-order valence-electron chi connectivity index (χ4n) is 1.83. The molecule has 0 spiro atoms. The minimum Gasteiger partial charge on any atom is -0.324 e. The summed E-state index contributed by atoms with van der Waals surface area (Å²) < 4.78 is 0.974. The van der Waals surface area contributed by atoms with Crippen LogP contribution < -0.4 is 5.73 Å². The summed E-state index contributed by atoms with van der Waals surface area (Å²) in [5.74, 6) is 0. The largest absolute Gasteiger partial charge is 0.324 e. The molecule has 0 fully saturated rings. The Balaban J connectivity index is 2.52. The van der Waals surface area contributed by atoms with Gasteiger partial charge in [0.1, 0.15) is 0 Å². The van der Waals surface area contributed by atoms with Gasteiger partial charge in [-0.2, -0.15) is 0 Å².